The second-order valence-corrected chi connectivity index (χ2v) is 5.61. The molecule has 6 nitrogen and oxygen atoms in total. The molecule has 1 aliphatic rings. The van der Waals surface area contributed by atoms with Crippen molar-refractivity contribution < 1.29 is 24.2 Å². The van der Waals surface area contributed by atoms with E-state index in [-0.39, 0.29) is 25.2 Å². The molecule has 0 spiro atoms. The molecule has 1 saturated heterocycles. The number of carbonyl (C=O) groups is 2. The summed E-state index contributed by atoms with van der Waals surface area (Å²) in [4.78, 5) is 24.7. The van der Waals surface area contributed by atoms with Crippen LogP contribution in [0.15, 0.2) is 18.2 Å². The summed E-state index contributed by atoms with van der Waals surface area (Å²) < 4.78 is 10.8. The van der Waals surface area contributed by atoms with Crippen molar-refractivity contribution in [3.8, 4) is 5.75 Å². The van der Waals surface area contributed by atoms with Gasteiger partial charge in [0.15, 0.2) is 12.7 Å². The van der Waals surface area contributed by atoms with Crippen molar-refractivity contribution in [3.63, 3.8) is 0 Å². The molecule has 0 aromatic heterocycles. The van der Waals surface area contributed by atoms with Gasteiger partial charge < -0.3 is 19.5 Å². The number of carboxylic acid groups (broad SMARTS) is 1. The van der Waals surface area contributed by atoms with Crippen LogP contribution in [0.4, 0.5) is 0 Å². The van der Waals surface area contributed by atoms with Gasteiger partial charge in [0.05, 0.1) is 12.6 Å². The fraction of sp³-hybridized carbons (Fsp3) is 0.500. The first kappa shape index (κ1) is 16.3. The summed E-state index contributed by atoms with van der Waals surface area (Å²) in [6, 6.07) is 5.63. The lowest BCUT2D eigenvalue weighted by Crippen LogP contribution is -2.52. The Morgan fingerprint density at radius 1 is 1.32 bits per heavy atom. The molecule has 1 heterocycles. The minimum Gasteiger partial charge on any atom is -0.484 e. The topological polar surface area (TPSA) is 76.1 Å². The fourth-order valence-electron chi connectivity index (χ4n) is 2.33. The number of benzene rings is 1. The highest BCUT2D eigenvalue weighted by molar-refractivity contribution is 5.80. The highest BCUT2D eigenvalue weighted by Gasteiger charge is 2.32. The molecule has 22 heavy (non-hydrogen) atoms. The molecule has 1 aromatic rings. The van der Waals surface area contributed by atoms with Gasteiger partial charge in [0, 0.05) is 6.54 Å². The Morgan fingerprint density at radius 2 is 2.05 bits per heavy atom. The number of carboxylic acids is 1. The summed E-state index contributed by atoms with van der Waals surface area (Å²) in [6.07, 6.45) is -1.28. The highest BCUT2D eigenvalue weighted by atomic mass is 16.5. The van der Waals surface area contributed by atoms with Crippen LogP contribution in [0.3, 0.4) is 0 Å². The molecule has 2 atom stereocenters. The Bertz CT molecular complexity index is 572. The standard InChI is InChI=1S/C16H21NO5/c1-10-4-5-13(6-11(10)2)21-9-15(18)17-7-12(3)22-14(8-17)16(19)20/h4-6,12,14H,7-9H2,1-3H3,(H,19,20)/t12-,14?/m1/s1. The van der Waals surface area contributed by atoms with Crippen LogP contribution in [-0.2, 0) is 14.3 Å². The smallest absolute Gasteiger partial charge is 0.334 e. The summed E-state index contributed by atoms with van der Waals surface area (Å²) in [5, 5.41) is 9.03. The molecule has 120 valence electrons. The number of aliphatic carboxylic acids is 1. The van der Waals surface area contributed by atoms with Gasteiger partial charge in [-0.2, -0.15) is 0 Å². The van der Waals surface area contributed by atoms with Crippen LogP contribution in [0.1, 0.15) is 18.1 Å². The van der Waals surface area contributed by atoms with Crippen LogP contribution in [0.5, 0.6) is 5.75 Å². The van der Waals surface area contributed by atoms with Gasteiger partial charge in [-0.1, -0.05) is 6.07 Å². The number of rotatable bonds is 4. The van der Waals surface area contributed by atoms with Gasteiger partial charge in [0.25, 0.3) is 5.91 Å². The van der Waals surface area contributed by atoms with Crippen molar-refractivity contribution in [2.75, 3.05) is 19.7 Å². The third-order valence-corrected chi connectivity index (χ3v) is 3.73. The van der Waals surface area contributed by atoms with Gasteiger partial charge in [-0.05, 0) is 44.0 Å². The molecule has 1 aliphatic heterocycles. The largest absolute Gasteiger partial charge is 0.484 e. The molecule has 1 N–H and O–H groups in total. The molecular formula is C16H21NO5. The molecule has 1 amide bonds. The normalized spacial score (nSPS) is 21.5. The predicted molar refractivity (Wildman–Crippen MR) is 80.0 cm³/mol. The van der Waals surface area contributed by atoms with E-state index in [1.807, 2.05) is 32.0 Å². The van der Waals surface area contributed by atoms with E-state index < -0.39 is 12.1 Å². The van der Waals surface area contributed by atoms with E-state index in [0.29, 0.717) is 12.3 Å². The van der Waals surface area contributed by atoms with Crippen LogP contribution >= 0.6 is 0 Å². The number of carbonyl (C=O) groups excluding carboxylic acids is 1. The predicted octanol–water partition coefficient (Wildman–Crippen LogP) is 1.38. The molecule has 1 unspecified atom stereocenters. The molecule has 0 aliphatic carbocycles. The monoisotopic (exact) mass is 307 g/mol. The Labute approximate surface area is 129 Å². The number of morpholine rings is 1. The number of hydrogen-bond acceptors (Lipinski definition) is 4. The molecule has 0 saturated carbocycles. The quantitative estimate of drug-likeness (QED) is 0.909. The second kappa shape index (κ2) is 6.79. The molecule has 0 radical (unpaired) electrons. The summed E-state index contributed by atoms with van der Waals surface area (Å²) in [5.41, 5.74) is 2.25. The number of nitrogens with zero attached hydrogens (tertiary/aromatic N) is 1. The lowest BCUT2D eigenvalue weighted by Gasteiger charge is -2.34. The third-order valence-electron chi connectivity index (χ3n) is 3.73. The maximum atomic E-state index is 12.2. The van der Waals surface area contributed by atoms with E-state index in [1.165, 1.54) is 4.90 Å². The van der Waals surface area contributed by atoms with Crippen molar-refractivity contribution in [2.45, 2.75) is 33.0 Å². The van der Waals surface area contributed by atoms with Gasteiger partial charge in [0.2, 0.25) is 0 Å². The van der Waals surface area contributed by atoms with Gasteiger partial charge in [-0.25, -0.2) is 4.79 Å². The van der Waals surface area contributed by atoms with E-state index in [1.54, 1.807) is 6.92 Å². The fourth-order valence-corrected chi connectivity index (χ4v) is 2.33. The first-order valence-electron chi connectivity index (χ1n) is 7.23. The zero-order valence-corrected chi connectivity index (χ0v) is 13.0. The van der Waals surface area contributed by atoms with Crippen molar-refractivity contribution >= 4 is 11.9 Å². The molecule has 1 aromatic carbocycles. The summed E-state index contributed by atoms with van der Waals surface area (Å²) >= 11 is 0. The SMILES string of the molecule is Cc1ccc(OCC(=O)N2CC(C(=O)O)O[C@H](C)C2)cc1C. The van der Waals surface area contributed by atoms with Gasteiger partial charge in [-0.3, -0.25) is 4.79 Å². The van der Waals surface area contributed by atoms with Crippen molar-refractivity contribution in [1.82, 2.24) is 4.90 Å². The zero-order valence-electron chi connectivity index (χ0n) is 13.0. The second-order valence-electron chi connectivity index (χ2n) is 5.61. The van der Waals surface area contributed by atoms with Crippen LogP contribution in [0.2, 0.25) is 0 Å². The highest BCUT2D eigenvalue weighted by Crippen LogP contribution is 2.17. The molecule has 1 fully saturated rings. The van der Waals surface area contributed by atoms with Crippen molar-refractivity contribution in [3.05, 3.63) is 29.3 Å². The van der Waals surface area contributed by atoms with E-state index in [4.69, 9.17) is 14.6 Å². The summed E-state index contributed by atoms with van der Waals surface area (Å²) in [5.74, 6) is -0.661. The van der Waals surface area contributed by atoms with E-state index >= 15 is 0 Å². The molecule has 0 bridgehead atoms. The number of hydrogen-bond donors (Lipinski definition) is 1. The van der Waals surface area contributed by atoms with Crippen LogP contribution in [0.25, 0.3) is 0 Å². The maximum absolute atomic E-state index is 12.2. The lowest BCUT2D eigenvalue weighted by atomic mass is 10.1. The van der Waals surface area contributed by atoms with Gasteiger partial charge in [0.1, 0.15) is 5.75 Å². The minimum atomic E-state index is -1.06. The van der Waals surface area contributed by atoms with Crippen LogP contribution < -0.4 is 4.74 Å². The first-order chi connectivity index (χ1) is 10.4. The van der Waals surface area contributed by atoms with E-state index in [9.17, 15) is 9.59 Å². The zero-order chi connectivity index (χ0) is 16.3. The average molecular weight is 307 g/mol. The van der Waals surface area contributed by atoms with Crippen LogP contribution in [0, 0.1) is 13.8 Å². The van der Waals surface area contributed by atoms with E-state index in [0.717, 1.165) is 11.1 Å². The Hall–Kier alpha value is -2.08. The number of aryl methyl sites for hydroxylation is 2. The molecular weight excluding hydrogens is 286 g/mol. The maximum Gasteiger partial charge on any atom is 0.334 e. The lowest BCUT2D eigenvalue weighted by molar-refractivity contribution is -0.167. The van der Waals surface area contributed by atoms with Gasteiger partial charge in [-0.15, -0.1) is 0 Å². The Kier molecular flexibility index (Phi) is 5.03. The summed E-state index contributed by atoms with van der Waals surface area (Å²) in [7, 11) is 0. The van der Waals surface area contributed by atoms with Gasteiger partial charge >= 0.3 is 5.97 Å². The Balaban J connectivity index is 1.93. The summed E-state index contributed by atoms with van der Waals surface area (Å²) in [6.45, 7) is 6.05. The first-order valence-corrected chi connectivity index (χ1v) is 7.23. The van der Waals surface area contributed by atoms with Crippen LogP contribution in [-0.4, -0.2) is 53.8 Å². The van der Waals surface area contributed by atoms with Crippen molar-refractivity contribution in [1.29, 1.82) is 0 Å². The Morgan fingerprint density at radius 3 is 2.68 bits per heavy atom. The third kappa shape index (κ3) is 3.98. The van der Waals surface area contributed by atoms with Crippen molar-refractivity contribution in [2.24, 2.45) is 0 Å². The number of amides is 1. The number of ether oxygens (including phenoxy) is 2. The van der Waals surface area contributed by atoms with E-state index in [2.05, 4.69) is 0 Å². The molecule has 6 heteroatoms. The molecule has 2 rings (SSSR count). The average Bonchev–Trinajstić information content (AvgIpc) is 2.47. The minimum absolute atomic E-state index is 0.0504.